The van der Waals surface area contributed by atoms with Crippen molar-refractivity contribution < 1.29 is 4.42 Å². The van der Waals surface area contributed by atoms with Crippen LogP contribution >= 0.6 is 24.0 Å². The lowest BCUT2D eigenvalue weighted by molar-refractivity contribution is 0.300. The van der Waals surface area contributed by atoms with E-state index in [0.29, 0.717) is 12.4 Å². The zero-order chi connectivity index (χ0) is 19.5. The summed E-state index contributed by atoms with van der Waals surface area (Å²) in [6.45, 7) is 14.0. The Labute approximate surface area is 186 Å². The monoisotopic (exact) mass is 499 g/mol. The van der Waals surface area contributed by atoms with Crippen molar-refractivity contribution in [2.45, 2.75) is 40.7 Å². The topological polar surface area (TPSA) is 65.7 Å². The van der Waals surface area contributed by atoms with Crippen molar-refractivity contribution in [1.29, 1.82) is 0 Å². The molecule has 7 heteroatoms. The van der Waals surface area contributed by atoms with Crippen LogP contribution in [0.3, 0.4) is 0 Å². The summed E-state index contributed by atoms with van der Waals surface area (Å²) in [6.07, 6.45) is 2.77. The molecule has 0 spiro atoms. The molecule has 0 amide bonds. The predicted octanol–water partition coefficient (Wildman–Crippen LogP) is 4.06. The number of oxazole rings is 1. The molecule has 1 aromatic heterocycles. The fraction of sp³-hybridized carbons (Fsp3) is 0.524. The standard InChI is InChI=1S/C21H33N5O.HI/c1-5-22-21(23-13-8-14-26(6-2)7-3)24-15-19-16-27-20(25-19)18-11-9-17(4)10-12-18;/h9-12,16H,5-8,13-15H2,1-4H3,(H2,22,23,24);1H. The van der Waals surface area contributed by atoms with Crippen molar-refractivity contribution in [2.75, 3.05) is 32.7 Å². The number of benzene rings is 1. The summed E-state index contributed by atoms with van der Waals surface area (Å²) in [5, 5.41) is 6.67. The Kier molecular flexibility index (Phi) is 11.8. The molecule has 2 rings (SSSR count). The normalized spacial score (nSPS) is 11.4. The Morgan fingerprint density at radius 3 is 2.46 bits per heavy atom. The van der Waals surface area contributed by atoms with E-state index < -0.39 is 0 Å². The van der Waals surface area contributed by atoms with Gasteiger partial charge in [0.05, 0.1) is 6.54 Å². The molecule has 0 aliphatic heterocycles. The first kappa shape index (κ1) is 24.4. The zero-order valence-corrected chi connectivity index (χ0v) is 19.8. The number of halogens is 1. The summed E-state index contributed by atoms with van der Waals surface area (Å²) in [5.41, 5.74) is 3.03. The molecule has 0 bridgehead atoms. The first-order valence-electron chi connectivity index (χ1n) is 9.92. The first-order valence-corrected chi connectivity index (χ1v) is 9.92. The van der Waals surface area contributed by atoms with Gasteiger partial charge < -0.3 is 20.0 Å². The molecule has 2 aromatic rings. The van der Waals surface area contributed by atoms with Crippen LogP contribution in [0.5, 0.6) is 0 Å². The lowest BCUT2D eigenvalue weighted by Gasteiger charge is -2.18. The second-order valence-corrected chi connectivity index (χ2v) is 6.51. The molecule has 0 unspecified atom stereocenters. The van der Waals surface area contributed by atoms with Crippen LogP contribution in [0.2, 0.25) is 0 Å². The summed E-state index contributed by atoms with van der Waals surface area (Å²) in [5.74, 6) is 1.45. The number of hydrogen-bond donors (Lipinski definition) is 2. The minimum absolute atomic E-state index is 0. The zero-order valence-electron chi connectivity index (χ0n) is 17.5. The highest BCUT2D eigenvalue weighted by Gasteiger charge is 2.07. The Balaban J connectivity index is 0.00000392. The van der Waals surface area contributed by atoms with Crippen molar-refractivity contribution in [3.05, 3.63) is 41.8 Å². The number of aromatic nitrogens is 1. The summed E-state index contributed by atoms with van der Waals surface area (Å²) < 4.78 is 5.61. The van der Waals surface area contributed by atoms with Gasteiger partial charge in [-0.25, -0.2) is 9.98 Å². The van der Waals surface area contributed by atoms with Gasteiger partial charge in [0.25, 0.3) is 0 Å². The maximum Gasteiger partial charge on any atom is 0.226 e. The SMILES string of the molecule is CCNC(=NCc1coc(-c2ccc(C)cc2)n1)NCCCN(CC)CC.I. The van der Waals surface area contributed by atoms with Crippen molar-refractivity contribution in [3.63, 3.8) is 0 Å². The molecule has 0 saturated carbocycles. The fourth-order valence-electron chi connectivity index (χ4n) is 2.76. The van der Waals surface area contributed by atoms with Gasteiger partial charge in [-0.3, -0.25) is 0 Å². The quantitative estimate of drug-likeness (QED) is 0.224. The molecule has 1 aromatic carbocycles. The molecular formula is C21H34IN5O. The van der Waals surface area contributed by atoms with Crippen molar-refractivity contribution in [1.82, 2.24) is 20.5 Å². The van der Waals surface area contributed by atoms with E-state index in [9.17, 15) is 0 Å². The van der Waals surface area contributed by atoms with Gasteiger partial charge in [-0.05, 0) is 52.0 Å². The highest BCUT2D eigenvalue weighted by atomic mass is 127. The van der Waals surface area contributed by atoms with E-state index >= 15 is 0 Å². The molecule has 0 aliphatic rings. The molecule has 0 saturated heterocycles. The van der Waals surface area contributed by atoms with Crippen LogP contribution in [-0.2, 0) is 6.54 Å². The Bertz CT molecular complexity index is 695. The van der Waals surface area contributed by atoms with Crippen LogP contribution in [0.15, 0.2) is 39.9 Å². The maximum atomic E-state index is 5.61. The Morgan fingerprint density at radius 1 is 1.11 bits per heavy atom. The van der Waals surface area contributed by atoms with Crippen LogP contribution in [0.25, 0.3) is 11.5 Å². The van der Waals surface area contributed by atoms with Gasteiger partial charge in [0, 0.05) is 18.7 Å². The summed E-state index contributed by atoms with van der Waals surface area (Å²) in [7, 11) is 0. The second kappa shape index (κ2) is 13.5. The van der Waals surface area contributed by atoms with Gasteiger partial charge in [-0.2, -0.15) is 0 Å². The molecule has 0 aliphatic carbocycles. The van der Waals surface area contributed by atoms with E-state index in [1.54, 1.807) is 6.26 Å². The Morgan fingerprint density at radius 2 is 1.82 bits per heavy atom. The molecule has 0 radical (unpaired) electrons. The van der Waals surface area contributed by atoms with Gasteiger partial charge >= 0.3 is 0 Å². The number of rotatable bonds is 10. The van der Waals surface area contributed by atoms with Gasteiger partial charge in [0.1, 0.15) is 12.0 Å². The smallest absolute Gasteiger partial charge is 0.226 e. The van der Waals surface area contributed by atoms with Crippen LogP contribution in [0, 0.1) is 6.92 Å². The number of guanidine groups is 1. The first-order chi connectivity index (χ1) is 13.2. The van der Waals surface area contributed by atoms with E-state index in [4.69, 9.17) is 4.42 Å². The van der Waals surface area contributed by atoms with Crippen LogP contribution in [-0.4, -0.2) is 48.6 Å². The molecule has 0 fully saturated rings. The van der Waals surface area contributed by atoms with Crippen LogP contribution in [0.4, 0.5) is 0 Å². The molecule has 28 heavy (non-hydrogen) atoms. The highest BCUT2D eigenvalue weighted by molar-refractivity contribution is 14.0. The van der Waals surface area contributed by atoms with E-state index in [0.717, 1.165) is 56.4 Å². The molecule has 156 valence electrons. The van der Waals surface area contributed by atoms with E-state index in [2.05, 4.69) is 65.3 Å². The van der Waals surface area contributed by atoms with Crippen LogP contribution < -0.4 is 10.6 Å². The minimum atomic E-state index is 0. The van der Waals surface area contributed by atoms with E-state index in [1.165, 1.54) is 5.56 Å². The Hall–Kier alpha value is -1.61. The van der Waals surface area contributed by atoms with E-state index in [1.807, 2.05) is 12.1 Å². The van der Waals surface area contributed by atoms with Gasteiger partial charge in [0.15, 0.2) is 5.96 Å². The van der Waals surface area contributed by atoms with Gasteiger partial charge in [0.2, 0.25) is 5.89 Å². The number of nitrogens with zero attached hydrogens (tertiary/aromatic N) is 3. The average molecular weight is 499 g/mol. The number of aliphatic imine (C=N–C) groups is 1. The lowest BCUT2D eigenvalue weighted by atomic mass is 10.1. The third-order valence-electron chi connectivity index (χ3n) is 4.43. The van der Waals surface area contributed by atoms with Crippen LogP contribution in [0.1, 0.15) is 38.4 Å². The maximum absolute atomic E-state index is 5.61. The molecule has 1 heterocycles. The molecule has 0 atom stereocenters. The predicted molar refractivity (Wildman–Crippen MR) is 127 cm³/mol. The highest BCUT2D eigenvalue weighted by Crippen LogP contribution is 2.19. The molecular weight excluding hydrogens is 465 g/mol. The summed E-state index contributed by atoms with van der Waals surface area (Å²) >= 11 is 0. The average Bonchev–Trinajstić information content (AvgIpc) is 3.15. The molecule has 6 nitrogen and oxygen atoms in total. The minimum Gasteiger partial charge on any atom is -0.444 e. The van der Waals surface area contributed by atoms with Crippen molar-refractivity contribution >= 4 is 29.9 Å². The number of hydrogen-bond acceptors (Lipinski definition) is 4. The van der Waals surface area contributed by atoms with Gasteiger partial charge in [-0.15, -0.1) is 24.0 Å². The summed E-state index contributed by atoms with van der Waals surface area (Å²) in [6, 6.07) is 8.16. The fourth-order valence-corrected chi connectivity index (χ4v) is 2.76. The summed E-state index contributed by atoms with van der Waals surface area (Å²) in [4.78, 5) is 11.6. The lowest BCUT2D eigenvalue weighted by Crippen LogP contribution is -2.38. The van der Waals surface area contributed by atoms with Gasteiger partial charge in [-0.1, -0.05) is 31.5 Å². The van der Waals surface area contributed by atoms with Crippen molar-refractivity contribution in [3.8, 4) is 11.5 Å². The number of aryl methyl sites for hydroxylation is 1. The molecule has 2 N–H and O–H groups in total. The second-order valence-electron chi connectivity index (χ2n) is 6.51. The van der Waals surface area contributed by atoms with E-state index in [-0.39, 0.29) is 24.0 Å². The third kappa shape index (κ3) is 8.18. The largest absolute Gasteiger partial charge is 0.444 e. The van der Waals surface area contributed by atoms with Crippen molar-refractivity contribution in [2.24, 2.45) is 4.99 Å². The third-order valence-corrected chi connectivity index (χ3v) is 4.43. The number of nitrogens with one attached hydrogen (secondary N) is 2.